The highest BCUT2D eigenvalue weighted by Crippen LogP contribution is 2.28. The van der Waals surface area contributed by atoms with Crippen LogP contribution in [0, 0.1) is 0 Å². The molecule has 0 saturated carbocycles. The molecule has 8 heteroatoms. The van der Waals surface area contributed by atoms with Crippen LogP contribution in [-0.2, 0) is 22.6 Å². The molecular formula is C23H28Cl2N2O4. The molecule has 2 aromatic carbocycles. The predicted molar refractivity (Wildman–Crippen MR) is 123 cm³/mol. The molecule has 0 aliphatic heterocycles. The number of amides is 2. The van der Waals surface area contributed by atoms with Crippen molar-refractivity contribution >= 4 is 35.0 Å². The van der Waals surface area contributed by atoms with E-state index in [-0.39, 0.29) is 24.8 Å². The van der Waals surface area contributed by atoms with Gasteiger partial charge in [0.25, 0.3) is 0 Å². The zero-order valence-electron chi connectivity index (χ0n) is 18.2. The number of benzene rings is 2. The number of likely N-dealkylation sites (N-methyl/N-ethyl adjacent to an activating group) is 1. The summed E-state index contributed by atoms with van der Waals surface area (Å²) in [6.45, 7) is 4.30. The first-order valence-corrected chi connectivity index (χ1v) is 10.8. The van der Waals surface area contributed by atoms with E-state index in [0.29, 0.717) is 34.5 Å². The lowest BCUT2D eigenvalue weighted by atomic mass is 10.1. The number of ether oxygens (including phenoxy) is 2. The van der Waals surface area contributed by atoms with Gasteiger partial charge in [0.2, 0.25) is 11.8 Å². The Kier molecular flexibility index (Phi) is 9.46. The molecule has 0 saturated heterocycles. The third-order valence-electron chi connectivity index (χ3n) is 4.93. The zero-order valence-corrected chi connectivity index (χ0v) is 19.7. The second-order valence-electron chi connectivity index (χ2n) is 7.03. The van der Waals surface area contributed by atoms with Gasteiger partial charge in [0, 0.05) is 19.5 Å². The first kappa shape index (κ1) is 24.8. The summed E-state index contributed by atoms with van der Waals surface area (Å²) in [6.07, 6.45) is 0.736. The minimum Gasteiger partial charge on any atom is -0.493 e. The number of nitrogens with zero attached hydrogens (tertiary/aromatic N) is 1. The maximum Gasteiger partial charge on any atom is 0.242 e. The molecule has 2 rings (SSSR count). The van der Waals surface area contributed by atoms with Crippen LogP contribution in [0.15, 0.2) is 36.4 Å². The van der Waals surface area contributed by atoms with Gasteiger partial charge in [0.15, 0.2) is 11.5 Å². The number of methoxy groups -OCH3 is 2. The topological polar surface area (TPSA) is 67.9 Å². The minimum absolute atomic E-state index is 0.139. The van der Waals surface area contributed by atoms with Crippen LogP contribution < -0.4 is 14.8 Å². The number of carbonyl (C=O) groups is 2. The van der Waals surface area contributed by atoms with Gasteiger partial charge in [-0.15, -0.1) is 0 Å². The molecule has 0 spiro atoms. The molecule has 0 radical (unpaired) electrons. The van der Waals surface area contributed by atoms with Crippen LogP contribution in [0.3, 0.4) is 0 Å². The number of aryl methyl sites for hydroxylation is 1. The molecule has 0 bridgehead atoms. The van der Waals surface area contributed by atoms with Crippen LogP contribution in [0.2, 0.25) is 10.0 Å². The third-order valence-corrected chi connectivity index (χ3v) is 5.67. The van der Waals surface area contributed by atoms with Crippen molar-refractivity contribution < 1.29 is 19.1 Å². The van der Waals surface area contributed by atoms with Gasteiger partial charge in [-0.05, 0) is 55.7 Å². The molecule has 2 aromatic rings. The van der Waals surface area contributed by atoms with E-state index in [1.54, 1.807) is 44.2 Å². The molecule has 6 nitrogen and oxygen atoms in total. The molecule has 1 N–H and O–H groups in total. The smallest absolute Gasteiger partial charge is 0.242 e. The van der Waals surface area contributed by atoms with Crippen LogP contribution in [0.1, 0.15) is 31.4 Å². The fraction of sp³-hybridized carbons (Fsp3) is 0.391. The average Bonchev–Trinajstić information content (AvgIpc) is 2.77. The molecule has 0 fully saturated rings. The summed E-state index contributed by atoms with van der Waals surface area (Å²) in [5, 5.41) is 3.62. The first-order valence-electron chi connectivity index (χ1n) is 10.0. The molecule has 31 heavy (non-hydrogen) atoms. The maximum absolute atomic E-state index is 13.1. The van der Waals surface area contributed by atoms with E-state index in [1.807, 2.05) is 25.1 Å². The van der Waals surface area contributed by atoms with E-state index in [2.05, 4.69) is 5.32 Å². The molecule has 1 atom stereocenters. The molecule has 2 amide bonds. The molecule has 0 unspecified atom stereocenters. The first-order chi connectivity index (χ1) is 14.8. The summed E-state index contributed by atoms with van der Waals surface area (Å²) in [4.78, 5) is 27.1. The predicted octanol–water partition coefficient (Wildman–Crippen LogP) is 4.50. The second-order valence-corrected chi connectivity index (χ2v) is 7.84. The van der Waals surface area contributed by atoms with Crippen molar-refractivity contribution in [2.75, 3.05) is 20.8 Å². The van der Waals surface area contributed by atoms with E-state index in [1.165, 1.54) is 0 Å². The van der Waals surface area contributed by atoms with Crippen molar-refractivity contribution in [3.8, 4) is 11.5 Å². The lowest BCUT2D eigenvalue weighted by Gasteiger charge is -2.29. The van der Waals surface area contributed by atoms with Crippen LogP contribution in [-0.4, -0.2) is 43.5 Å². The van der Waals surface area contributed by atoms with Crippen molar-refractivity contribution in [3.63, 3.8) is 0 Å². The SMILES string of the molecule is CCNC(=O)[C@@H](C)N(Cc1ccc(Cl)c(Cl)c1)C(=O)CCc1ccc(OC)c(OC)c1. The number of hydrogen-bond acceptors (Lipinski definition) is 4. The maximum atomic E-state index is 13.1. The van der Waals surface area contributed by atoms with Gasteiger partial charge in [-0.1, -0.05) is 35.3 Å². The van der Waals surface area contributed by atoms with Crippen molar-refractivity contribution in [2.45, 2.75) is 39.3 Å². The number of hydrogen-bond donors (Lipinski definition) is 1. The highest BCUT2D eigenvalue weighted by molar-refractivity contribution is 6.42. The van der Waals surface area contributed by atoms with Gasteiger partial charge in [-0.3, -0.25) is 9.59 Å². The Hall–Kier alpha value is -2.44. The standard InChI is InChI=1S/C23H28Cl2N2O4/c1-5-26-23(29)15(2)27(14-17-6-9-18(24)19(25)12-17)22(28)11-8-16-7-10-20(30-3)21(13-16)31-4/h6-7,9-10,12-13,15H,5,8,11,14H2,1-4H3,(H,26,29)/t15-/m1/s1. The quantitative estimate of drug-likeness (QED) is 0.559. The van der Waals surface area contributed by atoms with Gasteiger partial charge in [-0.2, -0.15) is 0 Å². The summed E-state index contributed by atoms with van der Waals surface area (Å²) >= 11 is 12.1. The Labute approximate surface area is 193 Å². The fourth-order valence-corrected chi connectivity index (χ4v) is 3.49. The van der Waals surface area contributed by atoms with Gasteiger partial charge < -0.3 is 19.7 Å². The van der Waals surface area contributed by atoms with Gasteiger partial charge >= 0.3 is 0 Å². The van der Waals surface area contributed by atoms with E-state index in [4.69, 9.17) is 32.7 Å². The number of nitrogens with one attached hydrogen (secondary N) is 1. The largest absolute Gasteiger partial charge is 0.493 e. The Morgan fingerprint density at radius 3 is 2.29 bits per heavy atom. The van der Waals surface area contributed by atoms with E-state index in [9.17, 15) is 9.59 Å². The highest BCUT2D eigenvalue weighted by atomic mass is 35.5. The van der Waals surface area contributed by atoms with Crippen molar-refractivity contribution in [1.82, 2.24) is 10.2 Å². The second kappa shape index (κ2) is 11.8. The molecule has 0 aliphatic rings. The summed E-state index contributed by atoms with van der Waals surface area (Å²) in [7, 11) is 3.14. The summed E-state index contributed by atoms with van der Waals surface area (Å²) in [5.74, 6) is 0.890. The van der Waals surface area contributed by atoms with Gasteiger partial charge in [0.1, 0.15) is 6.04 Å². The lowest BCUT2D eigenvalue weighted by molar-refractivity contribution is -0.140. The normalized spacial score (nSPS) is 11.5. The molecule has 0 aromatic heterocycles. The molecule has 0 aliphatic carbocycles. The van der Waals surface area contributed by atoms with Crippen LogP contribution >= 0.6 is 23.2 Å². The molecular weight excluding hydrogens is 439 g/mol. The van der Waals surface area contributed by atoms with Crippen molar-refractivity contribution in [3.05, 3.63) is 57.6 Å². The third kappa shape index (κ3) is 6.77. The van der Waals surface area contributed by atoms with Crippen LogP contribution in [0.5, 0.6) is 11.5 Å². The Morgan fingerprint density at radius 2 is 1.68 bits per heavy atom. The van der Waals surface area contributed by atoms with E-state index < -0.39 is 6.04 Å². The Morgan fingerprint density at radius 1 is 1.00 bits per heavy atom. The van der Waals surface area contributed by atoms with Gasteiger partial charge in [0.05, 0.1) is 24.3 Å². The average molecular weight is 467 g/mol. The fourth-order valence-electron chi connectivity index (χ4n) is 3.17. The minimum atomic E-state index is -0.632. The monoisotopic (exact) mass is 466 g/mol. The highest BCUT2D eigenvalue weighted by Gasteiger charge is 2.25. The zero-order chi connectivity index (χ0) is 23.0. The molecule has 0 heterocycles. The van der Waals surface area contributed by atoms with Gasteiger partial charge in [-0.25, -0.2) is 0 Å². The number of rotatable bonds is 10. The number of halogens is 2. The van der Waals surface area contributed by atoms with Crippen molar-refractivity contribution in [1.29, 1.82) is 0 Å². The lowest BCUT2D eigenvalue weighted by Crippen LogP contribution is -2.47. The Balaban J connectivity index is 2.18. The van der Waals surface area contributed by atoms with E-state index in [0.717, 1.165) is 11.1 Å². The Bertz CT molecular complexity index is 920. The summed E-state index contributed by atoms with van der Waals surface area (Å²) in [6, 6.07) is 10.1. The summed E-state index contributed by atoms with van der Waals surface area (Å²) in [5.41, 5.74) is 1.73. The van der Waals surface area contributed by atoms with Crippen molar-refractivity contribution in [2.24, 2.45) is 0 Å². The summed E-state index contributed by atoms with van der Waals surface area (Å²) < 4.78 is 10.6. The van der Waals surface area contributed by atoms with Crippen LogP contribution in [0.25, 0.3) is 0 Å². The van der Waals surface area contributed by atoms with E-state index >= 15 is 0 Å². The molecule has 168 valence electrons. The van der Waals surface area contributed by atoms with Crippen LogP contribution in [0.4, 0.5) is 0 Å². The number of carbonyl (C=O) groups excluding carboxylic acids is 2.